The number of aromatic carboxylic acids is 1. The molecule has 1 atom stereocenters. The molecule has 0 radical (unpaired) electrons. The minimum Gasteiger partial charge on any atom is -0.493 e. The van der Waals surface area contributed by atoms with E-state index in [1.807, 2.05) is 0 Å². The van der Waals surface area contributed by atoms with E-state index in [1.165, 1.54) is 6.07 Å². The highest BCUT2D eigenvalue weighted by molar-refractivity contribution is 6.33. The highest BCUT2D eigenvalue weighted by Crippen LogP contribution is 2.23. The van der Waals surface area contributed by atoms with E-state index in [0.717, 1.165) is 12.8 Å². The summed E-state index contributed by atoms with van der Waals surface area (Å²) in [6.45, 7) is 4.88. The predicted octanol–water partition coefficient (Wildman–Crippen LogP) is 3.85. The van der Waals surface area contributed by atoms with Crippen molar-refractivity contribution in [2.45, 2.75) is 26.7 Å². The zero-order chi connectivity index (χ0) is 12.8. The fourth-order valence-electron chi connectivity index (χ4n) is 1.57. The molecule has 1 aromatic carbocycles. The Morgan fingerprint density at radius 3 is 2.76 bits per heavy atom. The molecule has 4 heteroatoms. The number of hydrogen-bond acceptors (Lipinski definition) is 2. The van der Waals surface area contributed by atoms with Crippen molar-refractivity contribution in [3.05, 3.63) is 28.8 Å². The van der Waals surface area contributed by atoms with Crippen molar-refractivity contribution in [3.63, 3.8) is 0 Å². The van der Waals surface area contributed by atoms with Gasteiger partial charge in [0, 0.05) is 0 Å². The summed E-state index contributed by atoms with van der Waals surface area (Å²) in [5.41, 5.74) is 0.0978. The molecular formula is C13H17ClO3. The molecule has 0 amide bonds. The zero-order valence-corrected chi connectivity index (χ0v) is 10.8. The van der Waals surface area contributed by atoms with Gasteiger partial charge in [-0.3, -0.25) is 0 Å². The maximum Gasteiger partial charge on any atom is 0.337 e. The lowest BCUT2D eigenvalue weighted by atomic mass is 10.1. The topological polar surface area (TPSA) is 46.5 Å². The SMILES string of the molecule is CCCC(C)COc1ccc(C(=O)O)c(Cl)c1. The van der Waals surface area contributed by atoms with Gasteiger partial charge in [0.2, 0.25) is 0 Å². The number of rotatable bonds is 6. The lowest BCUT2D eigenvalue weighted by molar-refractivity contribution is 0.0697. The number of halogens is 1. The van der Waals surface area contributed by atoms with Crippen LogP contribution in [0.1, 0.15) is 37.0 Å². The van der Waals surface area contributed by atoms with Crippen LogP contribution in [-0.4, -0.2) is 17.7 Å². The van der Waals surface area contributed by atoms with E-state index in [-0.39, 0.29) is 10.6 Å². The van der Waals surface area contributed by atoms with Crippen molar-refractivity contribution in [1.29, 1.82) is 0 Å². The summed E-state index contributed by atoms with van der Waals surface area (Å²) in [6.07, 6.45) is 2.24. The van der Waals surface area contributed by atoms with E-state index in [1.54, 1.807) is 12.1 Å². The average molecular weight is 257 g/mol. The molecule has 94 valence electrons. The van der Waals surface area contributed by atoms with Crippen LogP contribution in [0.2, 0.25) is 5.02 Å². The van der Waals surface area contributed by atoms with Crippen molar-refractivity contribution < 1.29 is 14.6 Å². The fraction of sp³-hybridized carbons (Fsp3) is 0.462. The van der Waals surface area contributed by atoms with Crippen molar-refractivity contribution in [1.82, 2.24) is 0 Å². The lowest BCUT2D eigenvalue weighted by Crippen LogP contribution is -2.08. The second-order valence-electron chi connectivity index (χ2n) is 4.15. The number of ether oxygens (including phenoxy) is 1. The fourth-order valence-corrected chi connectivity index (χ4v) is 1.83. The minimum atomic E-state index is -1.03. The van der Waals surface area contributed by atoms with Gasteiger partial charge in [0.05, 0.1) is 17.2 Å². The molecule has 1 aromatic rings. The summed E-state index contributed by atoms with van der Waals surface area (Å²) in [7, 11) is 0. The van der Waals surface area contributed by atoms with Gasteiger partial charge in [-0.2, -0.15) is 0 Å². The van der Waals surface area contributed by atoms with Gasteiger partial charge in [0.1, 0.15) is 5.75 Å². The maximum absolute atomic E-state index is 10.8. The van der Waals surface area contributed by atoms with Gasteiger partial charge in [0.15, 0.2) is 0 Å². The molecule has 0 bridgehead atoms. The van der Waals surface area contributed by atoms with Gasteiger partial charge in [0.25, 0.3) is 0 Å². The van der Waals surface area contributed by atoms with Crippen molar-refractivity contribution in [2.75, 3.05) is 6.61 Å². The second kappa shape index (κ2) is 6.50. The highest BCUT2D eigenvalue weighted by Gasteiger charge is 2.10. The molecule has 0 spiro atoms. The Morgan fingerprint density at radius 2 is 2.24 bits per heavy atom. The first-order valence-corrected chi connectivity index (χ1v) is 6.08. The highest BCUT2D eigenvalue weighted by atomic mass is 35.5. The van der Waals surface area contributed by atoms with Crippen LogP contribution in [-0.2, 0) is 0 Å². The van der Waals surface area contributed by atoms with E-state index >= 15 is 0 Å². The molecular weight excluding hydrogens is 240 g/mol. The molecule has 1 unspecified atom stereocenters. The molecule has 0 aliphatic carbocycles. The monoisotopic (exact) mass is 256 g/mol. The molecule has 0 fully saturated rings. The lowest BCUT2D eigenvalue weighted by Gasteiger charge is -2.12. The molecule has 0 aromatic heterocycles. The average Bonchev–Trinajstić information content (AvgIpc) is 2.26. The Labute approximate surface area is 106 Å². The van der Waals surface area contributed by atoms with E-state index in [0.29, 0.717) is 18.3 Å². The van der Waals surface area contributed by atoms with Gasteiger partial charge < -0.3 is 9.84 Å². The van der Waals surface area contributed by atoms with Gasteiger partial charge in [-0.05, 0) is 30.5 Å². The summed E-state index contributed by atoms with van der Waals surface area (Å²) in [5.74, 6) is 0.0711. The third-order valence-corrected chi connectivity index (χ3v) is 2.80. The second-order valence-corrected chi connectivity index (χ2v) is 4.56. The summed E-state index contributed by atoms with van der Waals surface area (Å²) < 4.78 is 5.56. The first-order valence-electron chi connectivity index (χ1n) is 5.70. The normalized spacial score (nSPS) is 12.2. The number of carboxylic acids is 1. The smallest absolute Gasteiger partial charge is 0.337 e. The molecule has 0 aliphatic heterocycles. The third-order valence-electron chi connectivity index (χ3n) is 2.49. The first kappa shape index (κ1) is 13.8. The Balaban J connectivity index is 2.62. The number of carboxylic acid groups (broad SMARTS) is 1. The van der Waals surface area contributed by atoms with Gasteiger partial charge in [-0.1, -0.05) is 31.9 Å². The predicted molar refractivity (Wildman–Crippen MR) is 68.0 cm³/mol. The van der Waals surface area contributed by atoms with Crippen LogP contribution in [0.4, 0.5) is 0 Å². The Hall–Kier alpha value is -1.22. The molecule has 3 nitrogen and oxygen atoms in total. The Kier molecular flexibility index (Phi) is 5.29. The molecule has 0 aliphatic rings. The van der Waals surface area contributed by atoms with Gasteiger partial charge in [-0.25, -0.2) is 4.79 Å². The quantitative estimate of drug-likeness (QED) is 0.841. The number of benzene rings is 1. The summed E-state index contributed by atoms with van der Waals surface area (Å²) >= 11 is 5.84. The zero-order valence-electron chi connectivity index (χ0n) is 10.1. The molecule has 1 rings (SSSR count). The molecule has 0 heterocycles. The standard InChI is InChI=1S/C13H17ClO3/c1-3-4-9(2)8-17-10-5-6-11(13(15)16)12(14)7-10/h5-7,9H,3-4,8H2,1-2H3,(H,15,16). The number of carbonyl (C=O) groups is 1. The molecule has 1 N–H and O–H groups in total. The van der Waals surface area contributed by atoms with Gasteiger partial charge in [-0.15, -0.1) is 0 Å². The first-order chi connectivity index (χ1) is 8.04. The van der Waals surface area contributed by atoms with E-state index in [2.05, 4.69) is 13.8 Å². The van der Waals surface area contributed by atoms with E-state index < -0.39 is 5.97 Å². The van der Waals surface area contributed by atoms with E-state index in [9.17, 15) is 4.79 Å². The summed E-state index contributed by atoms with van der Waals surface area (Å²) in [6, 6.07) is 4.64. The van der Waals surface area contributed by atoms with E-state index in [4.69, 9.17) is 21.4 Å². The summed E-state index contributed by atoms with van der Waals surface area (Å²) in [4.78, 5) is 10.8. The number of hydrogen-bond donors (Lipinski definition) is 1. The van der Waals surface area contributed by atoms with Crippen LogP contribution in [0.25, 0.3) is 0 Å². The van der Waals surface area contributed by atoms with Crippen LogP contribution in [0, 0.1) is 5.92 Å². The molecule has 0 saturated carbocycles. The van der Waals surface area contributed by atoms with Crippen molar-refractivity contribution in [2.24, 2.45) is 5.92 Å². The molecule has 0 saturated heterocycles. The van der Waals surface area contributed by atoms with Crippen LogP contribution >= 0.6 is 11.6 Å². The minimum absolute atomic E-state index is 0.0978. The van der Waals surface area contributed by atoms with Gasteiger partial charge >= 0.3 is 5.97 Å². The third kappa shape index (κ3) is 4.27. The van der Waals surface area contributed by atoms with Crippen LogP contribution in [0.5, 0.6) is 5.75 Å². The largest absolute Gasteiger partial charge is 0.493 e. The van der Waals surface area contributed by atoms with Crippen molar-refractivity contribution in [3.8, 4) is 5.75 Å². The van der Waals surface area contributed by atoms with Crippen LogP contribution in [0.15, 0.2) is 18.2 Å². The van der Waals surface area contributed by atoms with Crippen LogP contribution in [0.3, 0.4) is 0 Å². The maximum atomic E-state index is 10.8. The van der Waals surface area contributed by atoms with Crippen molar-refractivity contribution >= 4 is 17.6 Å². The summed E-state index contributed by atoms with van der Waals surface area (Å²) in [5, 5.41) is 9.03. The van der Waals surface area contributed by atoms with Crippen LogP contribution < -0.4 is 4.74 Å². The Morgan fingerprint density at radius 1 is 1.53 bits per heavy atom. The molecule has 17 heavy (non-hydrogen) atoms. The Bertz CT molecular complexity index is 390.